The number of aromatic nitrogens is 2. The van der Waals surface area contributed by atoms with Gasteiger partial charge in [-0.1, -0.05) is 12.1 Å². The summed E-state index contributed by atoms with van der Waals surface area (Å²) in [6, 6.07) is 11.5. The van der Waals surface area contributed by atoms with Gasteiger partial charge in [-0.25, -0.2) is 4.98 Å². The summed E-state index contributed by atoms with van der Waals surface area (Å²) in [6.07, 6.45) is 1.77. The second kappa shape index (κ2) is 6.71. The van der Waals surface area contributed by atoms with Crippen LogP contribution in [-0.2, 0) is 0 Å². The number of hydrogen-bond acceptors (Lipinski definition) is 5. The van der Waals surface area contributed by atoms with Gasteiger partial charge < -0.3 is 15.0 Å². The number of fused-ring (bicyclic) bond motifs is 1. The van der Waals surface area contributed by atoms with Crippen molar-refractivity contribution in [3.63, 3.8) is 0 Å². The Morgan fingerprint density at radius 2 is 2.11 bits per heavy atom. The van der Waals surface area contributed by atoms with Crippen LogP contribution in [0.5, 0.6) is 5.75 Å². The van der Waals surface area contributed by atoms with Crippen molar-refractivity contribution in [3.8, 4) is 5.75 Å². The van der Waals surface area contributed by atoms with Crippen molar-refractivity contribution in [2.24, 2.45) is 0 Å². The lowest BCUT2D eigenvalue weighted by Crippen LogP contribution is -2.39. The average Bonchev–Trinajstić information content (AvgIpc) is 3.11. The molecule has 27 heavy (non-hydrogen) atoms. The highest BCUT2D eigenvalue weighted by Crippen LogP contribution is 2.30. The lowest BCUT2D eigenvalue weighted by atomic mass is 9.96. The maximum atomic E-state index is 12.8. The van der Waals surface area contributed by atoms with E-state index in [-0.39, 0.29) is 17.4 Å². The minimum atomic E-state index is -0.678. The van der Waals surface area contributed by atoms with Crippen LogP contribution in [0.25, 0.3) is 11.0 Å². The molecular weight excluding hydrogens is 348 g/mol. The third-order valence-electron chi connectivity index (χ3n) is 4.92. The summed E-state index contributed by atoms with van der Waals surface area (Å²) in [6.45, 7) is 1.11. The number of nitro groups is 1. The summed E-state index contributed by atoms with van der Waals surface area (Å²) >= 11 is 0. The fourth-order valence-electron chi connectivity index (χ4n) is 3.54. The minimum absolute atomic E-state index is 0.0988. The molecule has 0 spiro atoms. The molecule has 1 atom stereocenters. The Bertz CT molecular complexity index is 996. The van der Waals surface area contributed by atoms with Crippen LogP contribution in [0.2, 0.25) is 0 Å². The molecule has 8 nitrogen and oxygen atoms in total. The highest BCUT2D eigenvalue weighted by molar-refractivity contribution is 5.95. The fraction of sp³-hybridized carbons (Fsp3) is 0.263. The average molecular weight is 366 g/mol. The number of carbonyl (C=O) groups is 1. The molecule has 1 amide bonds. The Morgan fingerprint density at radius 3 is 2.85 bits per heavy atom. The Labute approximate surface area is 154 Å². The van der Waals surface area contributed by atoms with Gasteiger partial charge in [0.25, 0.3) is 5.91 Å². The van der Waals surface area contributed by atoms with Crippen molar-refractivity contribution in [1.29, 1.82) is 0 Å². The lowest BCUT2D eigenvalue weighted by molar-refractivity contribution is -0.385. The number of nitrogens with zero attached hydrogens (tertiary/aromatic N) is 3. The summed E-state index contributed by atoms with van der Waals surface area (Å²) in [5.74, 6) is 0.208. The maximum absolute atomic E-state index is 12.8. The van der Waals surface area contributed by atoms with Crippen molar-refractivity contribution in [3.05, 3.63) is 64.0 Å². The van der Waals surface area contributed by atoms with E-state index in [1.165, 1.54) is 6.07 Å². The van der Waals surface area contributed by atoms with Gasteiger partial charge in [0.05, 0.1) is 16.0 Å². The molecule has 1 unspecified atom stereocenters. The Hall–Kier alpha value is -3.42. The third kappa shape index (κ3) is 3.21. The molecule has 0 aliphatic carbocycles. The van der Waals surface area contributed by atoms with E-state index in [2.05, 4.69) is 9.97 Å². The molecule has 2 aromatic carbocycles. The van der Waals surface area contributed by atoms with E-state index in [1.807, 2.05) is 24.3 Å². The number of nitrogens with one attached hydrogen (secondary N) is 1. The molecule has 2 heterocycles. The first-order valence-corrected chi connectivity index (χ1v) is 8.74. The highest BCUT2D eigenvalue weighted by Gasteiger charge is 2.28. The van der Waals surface area contributed by atoms with Crippen LogP contribution in [-0.4, -0.2) is 43.9 Å². The van der Waals surface area contributed by atoms with Gasteiger partial charge in [0.2, 0.25) is 0 Å². The van der Waals surface area contributed by atoms with Crippen LogP contribution in [0.4, 0.5) is 5.69 Å². The van der Waals surface area contributed by atoms with Crippen LogP contribution in [0.15, 0.2) is 42.5 Å². The van der Waals surface area contributed by atoms with E-state index in [4.69, 9.17) is 0 Å². The summed E-state index contributed by atoms with van der Waals surface area (Å²) in [5, 5.41) is 20.6. The lowest BCUT2D eigenvalue weighted by Gasteiger charge is -2.32. The number of aromatic amines is 1. The van der Waals surface area contributed by atoms with Gasteiger partial charge >= 0.3 is 5.69 Å². The molecule has 1 saturated heterocycles. The number of H-pyrrole nitrogens is 1. The molecule has 1 aliphatic rings. The number of benzene rings is 2. The number of aromatic hydroxyl groups is 1. The number of amides is 1. The van der Waals surface area contributed by atoms with Gasteiger partial charge in [0.1, 0.15) is 5.82 Å². The smallest absolute Gasteiger partial charge is 0.310 e. The van der Waals surface area contributed by atoms with Gasteiger partial charge in [-0.05, 0) is 37.1 Å². The number of phenolic OH excluding ortho intramolecular Hbond substituents is 1. The molecule has 1 aromatic heterocycles. The number of nitro benzene ring substituents is 1. The second-order valence-electron chi connectivity index (χ2n) is 6.69. The zero-order chi connectivity index (χ0) is 19.0. The van der Waals surface area contributed by atoms with Crippen LogP contribution in [0, 0.1) is 10.1 Å². The van der Waals surface area contributed by atoms with E-state index < -0.39 is 16.4 Å². The van der Waals surface area contributed by atoms with Gasteiger partial charge in [-0.3, -0.25) is 14.9 Å². The number of phenols is 1. The minimum Gasteiger partial charge on any atom is -0.502 e. The molecule has 1 fully saturated rings. The molecule has 0 radical (unpaired) electrons. The van der Waals surface area contributed by atoms with Gasteiger partial charge in [0.15, 0.2) is 5.75 Å². The molecule has 4 rings (SSSR count). The van der Waals surface area contributed by atoms with E-state index in [1.54, 1.807) is 4.90 Å². The monoisotopic (exact) mass is 366 g/mol. The van der Waals surface area contributed by atoms with Crippen molar-refractivity contribution in [2.75, 3.05) is 13.1 Å². The zero-order valence-electron chi connectivity index (χ0n) is 14.5. The van der Waals surface area contributed by atoms with E-state index in [0.717, 1.165) is 41.8 Å². The first-order chi connectivity index (χ1) is 13.0. The molecule has 1 aliphatic heterocycles. The topological polar surface area (TPSA) is 112 Å². The highest BCUT2D eigenvalue weighted by atomic mass is 16.6. The normalized spacial score (nSPS) is 17.2. The van der Waals surface area contributed by atoms with Crippen LogP contribution in [0.1, 0.15) is 34.9 Å². The van der Waals surface area contributed by atoms with Crippen molar-refractivity contribution in [1.82, 2.24) is 14.9 Å². The summed E-state index contributed by atoms with van der Waals surface area (Å²) < 4.78 is 0. The Kier molecular flexibility index (Phi) is 4.23. The zero-order valence-corrected chi connectivity index (χ0v) is 14.5. The fourth-order valence-corrected chi connectivity index (χ4v) is 3.54. The number of para-hydroxylation sites is 2. The predicted molar refractivity (Wildman–Crippen MR) is 98.7 cm³/mol. The number of rotatable bonds is 3. The number of carbonyl (C=O) groups excluding carboxylic acids is 1. The van der Waals surface area contributed by atoms with E-state index in [9.17, 15) is 20.0 Å². The molecule has 3 aromatic rings. The molecular formula is C19H18N4O4. The first kappa shape index (κ1) is 17.0. The van der Waals surface area contributed by atoms with Gasteiger partial charge in [0, 0.05) is 30.6 Å². The number of piperidine rings is 1. The molecule has 0 bridgehead atoms. The Balaban J connectivity index is 1.54. The number of hydrogen-bond donors (Lipinski definition) is 2. The standard InChI is InChI=1S/C19H18N4O4/c24-17-10-12(7-8-16(17)23(26)27)19(25)22-9-3-4-13(11-22)18-20-14-5-1-2-6-15(14)21-18/h1-2,5-8,10,13,24H,3-4,9,11H2,(H,20,21). The van der Waals surface area contributed by atoms with Crippen LogP contribution >= 0.6 is 0 Å². The van der Waals surface area contributed by atoms with Gasteiger partial charge in [-0.15, -0.1) is 0 Å². The van der Waals surface area contributed by atoms with E-state index in [0.29, 0.717) is 13.1 Å². The largest absolute Gasteiger partial charge is 0.502 e. The third-order valence-corrected chi connectivity index (χ3v) is 4.92. The summed E-state index contributed by atoms with van der Waals surface area (Å²) in [7, 11) is 0. The van der Waals surface area contributed by atoms with Crippen LogP contribution in [0.3, 0.4) is 0 Å². The maximum Gasteiger partial charge on any atom is 0.310 e. The van der Waals surface area contributed by atoms with Crippen molar-refractivity contribution in [2.45, 2.75) is 18.8 Å². The van der Waals surface area contributed by atoms with Crippen LogP contribution < -0.4 is 0 Å². The number of likely N-dealkylation sites (tertiary alicyclic amines) is 1. The molecule has 8 heteroatoms. The first-order valence-electron chi connectivity index (χ1n) is 8.74. The second-order valence-corrected chi connectivity index (χ2v) is 6.69. The van der Waals surface area contributed by atoms with E-state index >= 15 is 0 Å². The SMILES string of the molecule is O=C(c1ccc([N+](=O)[O-])c(O)c1)N1CCCC(c2nc3ccccc3[nH]2)C1. The van der Waals surface area contributed by atoms with Crippen molar-refractivity contribution >= 4 is 22.6 Å². The van der Waals surface area contributed by atoms with Crippen molar-refractivity contribution < 1.29 is 14.8 Å². The molecule has 0 saturated carbocycles. The Morgan fingerprint density at radius 1 is 1.30 bits per heavy atom. The number of imidazole rings is 1. The summed E-state index contributed by atoms with van der Waals surface area (Å²) in [4.78, 5) is 32.6. The molecule has 2 N–H and O–H groups in total. The summed E-state index contributed by atoms with van der Waals surface area (Å²) in [5.41, 5.74) is 1.70. The quantitative estimate of drug-likeness (QED) is 0.546. The predicted octanol–water partition coefficient (Wildman–Crippen LogP) is 3.20. The molecule has 138 valence electrons. The van der Waals surface area contributed by atoms with Gasteiger partial charge in [-0.2, -0.15) is 0 Å².